The largest absolute Gasteiger partial charge is 0.426 e. The Morgan fingerprint density at radius 2 is 1.60 bits per heavy atom. The summed E-state index contributed by atoms with van der Waals surface area (Å²) < 4.78 is 5.28. The molecule has 3 rings (SSSR count). The van der Waals surface area contributed by atoms with Crippen LogP contribution in [0.5, 0.6) is 5.75 Å². The van der Waals surface area contributed by atoms with Gasteiger partial charge in [-0.25, -0.2) is 0 Å². The van der Waals surface area contributed by atoms with Gasteiger partial charge in [0.05, 0.1) is 0 Å². The summed E-state index contributed by atoms with van der Waals surface area (Å²) in [7, 11) is 0. The number of para-hydroxylation sites is 1. The highest BCUT2D eigenvalue weighted by molar-refractivity contribution is 6.02. The first-order chi connectivity index (χ1) is 9.74. The van der Waals surface area contributed by atoms with Crippen LogP contribution in [0.25, 0.3) is 0 Å². The van der Waals surface area contributed by atoms with Crippen LogP contribution in [0, 0.1) is 5.92 Å². The number of benzene rings is 2. The fourth-order valence-electron chi connectivity index (χ4n) is 2.46. The summed E-state index contributed by atoms with van der Waals surface area (Å²) in [5, 5.41) is 0. The van der Waals surface area contributed by atoms with E-state index in [2.05, 4.69) is 0 Å². The Morgan fingerprint density at radius 1 is 0.950 bits per heavy atom. The van der Waals surface area contributed by atoms with E-state index < -0.39 is 11.9 Å². The minimum Gasteiger partial charge on any atom is -0.426 e. The Hall–Kier alpha value is -2.42. The first-order valence-electron chi connectivity index (χ1n) is 6.60. The van der Waals surface area contributed by atoms with Crippen molar-refractivity contribution in [3.63, 3.8) is 0 Å². The molecule has 3 nitrogen and oxygen atoms in total. The monoisotopic (exact) mass is 266 g/mol. The van der Waals surface area contributed by atoms with Gasteiger partial charge >= 0.3 is 5.97 Å². The van der Waals surface area contributed by atoms with Crippen LogP contribution >= 0.6 is 0 Å². The number of ketones is 1. The van der Waals surface area contributed by atoms with Crippen LogP contribution in [0.3, 0.4) is 0 Å². The van der Waals surface area contributed by atoms with Crippen molar-refractivity contribution in [3.8, 4) is 5.75 Å². The van der Waals surface area contributed by atoms with E-state index in [1.54, 1.807) is 24.3 Å². The molecule has 0 N–H and O–H groups in total. The average Bonchev–Trinajstić information content (AvgIpc) is 2.47. The van der Waals surface area contributed by atoms with Gasteiger partial charge in [0.2, 0.25) is 0 Å². The summed E-state index contributed by atoms with van der Waals surface area (Å²) in [6.07, 6.45) is 0.741. The molecule has 0 heterocycles. The molecule has 100 valence electrons. The van der Waals surface area contributed by atoms with Crippen LogP contribution in [0.1, 0.15) is 11.1 Å². The lowest BCUT2D eigenvalue weighted by Crippen LogP contribution is -2.34. The first kappa shape index (κ1) is 12.6. The van der Waals surface area contributed by atoms with Crippen molar-refractivity contribution in [1.82, 2.24) is 0 Å². The van der Waals surface area contributed by atoms with Crippen LogP contribution in [-0.4, -0.2) is 11.8 Å². The number of ether oxygens (including phenoxy) is 1. The highest BCUT2D eigenvalue weighted by Crippen LogP contribution is 2.24. The smallest absolute Gasteiger partial charge is 0.322 e. The lowest BCUT2D eigenvalue weighted by atomic mass is 9.83. The zero-order chi connectivity index (χ0) is 13.9. The van der Waals surface area contributed by atoms with Gasteiger partial charge in [-0.2, -0.15) is 0 Å². The normalized spacial score (nSPS) is 17.4. The van der Waals surface area contributed by atoms with Crippen LogP contribution in [-0.2, 0) is 22.4 Å². The van der Waals surface area contributed by atoms with Crippen molar-refractivity contribution in [3.05, 3.63) is 65.7 Å². The zero-order valence-electron chi connectivity index (χ0n) is 10.9. The van der Waals surface area contributed by atoms with E-state index in [4.69, 9.17) is 4.74 Å². The van der Waals surface area contributed by atoms with Gasteiger partial charge in [-0.05, 0) is 29.7 Å². The summed E-state index contributed by atoms with van der Waals surface area (Å²) in [5.74, 6) is -0.741. The molecule has 0 saturated heterocycles. The maximum Gasteiger partial charge on any atom is 0.322 e. The third-order valence-corrected chi connectivity index (χ3v) is 3.54. The fourth-order valence-corrected chi connectivity index (χ4v) is 2.46. The van der Waals surface area contributed by atoms with Gasteiger partial charge in [0.25, 0.3) is 0 Å². The first-order valence-corrected chi connectivity index (χ1v) is 6.60. The van der Waals surface area contributed by atoms with Gasteiger partial charge in [-0.1, -0.05) is 42.5 Å². The number of carbonyl (C=O) groups excluding carboxylic acids is 2. The predicted octanol–water partition coefficient (Wildman–Crippen LogP) is 2.58. The molecule has 0 aromatic heterocycles. The summed E-state index contributed by atoms with van der Waals surface area (Å²) in [6.45, 7) is 0. The standard InChI is InChI=1S/C17H14O3/c18-16-11-13-7-5-4-6-12(13)10-15(16)17(19)20-14-8-2-1-3-9-14/h1-9,15H,10-11H2. The number of Topliss-reactive ketones (excluding diaryl/α,β-unsaturated/α-hetero) is 1. The number of fused-ring (bicyclic) bond motifs is 1. The summed E-state index contributed by atoms with van der Waals surface area (Å²) in [5.41, 5.74) is 2.07. The molecule has 20 heavy (non-hydrogen) atoms. The van der Waals surface area contributed by atoms with Crippen molar-refractivity contribution in [1.29, 1.82) is 0 Å². The molecule has 0 fully saturated rings. The molecule has 0 bridgehead atoms. The van der Waals surface area contributed by atoms with Crippen molar-refractivity contribution >= 4 is 11.8 Å². The molecule has 0 spiro atoms. The number of hydrogen-bond acceptors (Lipinski definition) is 3. The van der Waals surface area contributed by atoms with Crippen LogP contribution in [0.2, 0.25) is 0 Å². The molecule has 3 heteroatoms. The molecule has 1 atom stereocenters. The lowest BCUT2D eigenvalue weighted by molar-refractivity contribution is -0.144. The van der Waals surface area contributed by atoms with E-state index in [1.807, 2.05) is 30.3 Å². The summed E-state index contributed by atoms with van der Waals surface area (Å²) in [6, 6.07) is 16.6. The molecular weight excluding hydrogens is 252 g/mol. The SMILES string of the molecule is O=C1Cc2ccccc2CC1C(=O)Oc1ccccc1. The maximum atomic E-state index is 12.1. The highest BCUT2D eigenvalue weighted by atomic mass is 16.5. The van der Waals surface area contributed by atoms with Crippen molar-refractivity contribution in [2.24, 2.45) is 5.92 Å². The minimum atomic E-state index is -0.690. The predicted molar refractivity (Wildman–Crippen MR) is 74.4 cm³/mol. The second-order valence-corrected chi connectivity index (χ2v) is 4.90. The van der Waals surface area contributed by atoms with Crippen molar-refractivity contribution in [2.75, 3.05) is 0 Å². The van der Waals surface area contributed by atoms with Gasteiger partial charge in [-0.15, -0.1) is 0 Å². The van der Waals surface area contributed by atoms with E-state index in [1.165, 1.54) is 0 Å². The summed E-state index contributed by atoms with van der Waals surface area (Å²) in [4.78, 5) is 24.2. The quantitative estimate of drug-likeness (QED) is 0.476. The molecule has 2 aromatic rings. The maximum absolute atomic E-state index is 12.1. The molecule has 2 aromatic carbocycles. The lowest BCUT2D eigenvalue weighted by Gasteiger charge is -2.21. The van der Waals surface area contributed by atoms with Crippen molar-refractivity contribution in [2.45, 2.75) is 12.8 Å². The Bertz CT molecular complexity index is 646. The molecule has 0 amide bonds. The molecule has 1 aliphatic rings. The van der Waals surface area contributed by atoms with Gasteiger partial charge in [0, 0.05) is 6.42 Å². The molecule has 0 aliphatic heterocycles. The Morgan fingerprint density at radius 3 is 2.35 bits per heavy atom. The summed E-state index contributed by atoms with van der Waals surface area (Å²) >= 11 is 0. The van der Waals surface area contributed by atoms with Crippen LogP contribution in [0.15, 0.2) is 54.6 Å². The van der Waals surface area contributed by atoms with E-state index in [-0.39, 0.29) is 5.78 Å². The Balaban J connectivity index is 1.78. The minimum absolute atomic E-state index is 0.0652. The van der Waals surface area contributed by atoms with E-state index >= 15 is 0 Å². The second-order valence-electron chi connectivity index (χ2n) is 4.90. The van der Waals surface area contributed by atoms with Gasteiger partial charge < -0.3 is 4.74 Å². The molecule has 1 unspecified atom stereocenters. The average molecular weight is 266 g/mol. The van der Waals surface area contributed by atoms with Gasteiger partial charge in [0.1, 0.15) is 11.7 Å². The number of esters is 1. The second kappa shape index (κ2) is 5.29. The third kappa shape index (κ3) is 2.48. The van der Waals surface area contributed by atoms with Gasteiger partial charge in [-0.3, -0.25) is 9.59 Å². The topological polar surface area (TPSA) is 43.4 Å². The molecule has 1 aliphatic carbocycles. The number of rotatable bonds is 2. The third-order valence-electron chi connectivity index (χ3n) is 3.54. The van der Waals surface area contributed by atoms with Crippen molar-refractivity contribution < 1.29 is 14.3 Å². The number of carbonyl (C=O) groups is 2. The van der Waals surface area contributed by atoms with Crippen LogP contribution in [0.4, 0.5) is 0 Å². The van der Waals surface area contributed by atoms with E-state index in [9.17, 15) is 9.59 Å². The zero-order valence-corrected chi connectivity index (χ0v) is 10.9. The molecular formula is C17H14O3. The van der Waals surface area contributed by atoms with Gasteiger partial charge in [0.15, 0.2) is 5.78 Å². The fraction of sp³-hybridized carbons (Fsp3) is 0.176. The van der Waals surface area contributed by atoms with E-state index in [0.717, 1.165) is 11.1 Å². The highest BCUT2D eigenvalue weighted by Gasteiger charge is 2.33. The number of hydrogen-bond donors (Lipinski definition) is 0. The Kier molecular flexibility index (Phi) is 3.33. The van der Waals surface area contributed by atoms with Crippen LogP contribution < -0.4 is 4.74 Å². The van der Waals surface area contributed by atoms with E-state index in [0.29, 0.717) is 18.6 Å². The Labute approximate surface area is 117 Å². The molecule has 0 saturated carbocycles. The molecule has 0 radical (unpaired) electrons.